The lowest BCUT2D eigenvalue weighted by molar-refractivity contribution is 0.624. The molecule has 0 atom stereocenters. The van der Waals surface area contributed by atoms with Gasteiger partial charge in [0.25, 0.3) is 0 Å². The average Bonchev–Trinajstić information content (AvgIpc) is 2.04. The number of nitrogens with one attached hydrogen (secondary N) is 2. The molecule has 2 rings (SSSR count). The van der Waals surface area contributed by atoms with Crippen LogP contribution in [-0.2, 0) is 0 Å². The van der Waals surface area contributed by atoms with Gasteiger partial charge in [-0.3, -0.25) is 0 Å². The van der Waals surface area contributed by atoms with Crippen molar-refractivity contribution >= 4 is 17.6 Å². The molecule has 4 heteroatoms. The minimum absolute atomic E-state index is 0.193. The van der Waals surface area contributed by atoms with Gasteiger partial charge in [0.2, 0.25) is 0 Å². The lowest BCUT2D eigenvalue weighted by Crippen LogP contribution is -2.19. The Balaban J connectivity index is 2.43. The Morgan fingerprint density at radius 3 is 3.27 bits per heavy atom. The standard InChI is InChI=1S/C7H7FN2S/c8-5-1-2-6-7(3-5)11-10-4-9-6/h1-3,9-10H,4H2. The fourth-order valence-corrected chi connectivity index (χ4v) is 1.69. The predicted octanol–water partition coefficient (Wildman–Crippen LogP) is 1.81. The molecule has 1 aliphatic heterocycles. The molecule has 2 nitrogen and oxygen atoms in total. The van der Waals surface area contributed by atoms with Gasteiger partial charge in [-0.2, -0.15) is 0 Å². The Labute approximate surface area is 68.3 Å². The van der Waals surface area contributed by atoms with Gasteiger partial charge in [0.1, 0.15) is 5.82 Å². The van der Waals surface area contributed by atoms with Crippen LogP contribution >= 0.6 is 11.9 Å². The number of halogens is 1. The molecule has 0 aliphatic carbocycles. The van der Waals surface area contributed by atoms with Crippen LogP contribution in [0.5, 0.6) is 0 Å². The van der Waals surface area contributed by atoms with Crippen molar-refractivity contribution in [2.24, 2.45) is 0 Å². The van der Waals surface area contributed by atoms with E-state index in [2.05, 4.69) is 10.0 Å². The summed E-state index contributed by atoms with van der Waals surface area (Å²) in [6.45, 7) is 0.725. The molecule has 2 N–H and O–H groups in total. The number of benzene rings is 1. The molecule has 58 valence electrons. The van der Waals surface area contributed by atoms with E-state index in [-0.39, 0.29) is 5.82 Å². The summed E-state index contributed by atoms with van der Waals surface area (Å²) in [6.07, 6.45) is 0. The first kappa shape index (κ1) is 6.94. The smallest absolute Gasteiger partial charge is 0.124 e. The van der Waals surface area contributed by atoms with Gasteiger partial charge in [-0.25, -0.2) is 9.11 Å². The molecular formula is C7H7FN2S. The molecule has 0 radical (unpaired) electrons. The van der Waals surface area contributed by atoms with E-state index < -0.39 is 0 Å². The van der Waals surface area contributed by atoms with E-state index in [0.717, 1.165) is 17.3 Å². The van der Waals surface area contributed by atoms with E-state index in [9.17, 15) is 4.39 Å². The van der Waals surface area contributed by atoms with Crippen molar-refractivity contribution < 1.29 is 4.39 Å². The van der Waals surface area contributed by atoms with E-state index in [0.29, 0.717) is 0 Å². The second-order valence-corrected chi connectivity index (χ2v) is 3.17. The van der Waals surface area contributed by atoms with Crippen LogP contribution in [0.2, 0.25) is 0 Å². The third kappa shape index (κ3) is 1.32. The second-order valence-electron chi connectivity index (χ2n) is 2.24. The van der Waals surface area contributed by atoms with Gasteiger partial charge in [-0.15, -0.1) is 0 Å². The summed E-state index contributed by atoms with van der Waals surface area (Å²) in [5, 5.41) is 3.09. The zero-order valence-electron chi connectivity index (χ0n) is 5.73. The molecule has 0 bridgehead atoms. The largest absolute Gasteiger partial charge is 0.371 e. The van der Waals surface area contributed by atoms with Gasteiger partial charge in [0.15, 0.2) is 0 Å². The molecule has 1 aliphatic rings. The maximum absolute atomic E-state index is 12.6. The highest BCUT2D eigenvalue weighted by molar-refractivity contribution is 7.97. The molecule has 0 saturated heterocycles. The third-order valence-corrected chi connectivity index (χ3v) is 2.32. The molecule has 11 heavy (non-hydrogen) atoms. The van der Waals surface area contributed by atoms with Crippen LogP contribution in [0.1, 0.15) is 0 Å². The van der Waals surface area contributed by atoms with Crippen molar-refractivity contribution in [1.82, 2.24) is 4.72 Å². The molecule has 0 unspecified atom stereocenters. The van der Waals surface area contributed by atoms with Crippen molar-refractivity contribution in [2.45, 2.75) is 4.90 Å². The average molecular weight is 170 g/mol. The van der Waals surface area contributed by atoms with E-state index in [1.807, 2.05) is 0 Å². The summed E-state index contributed by atoms with van der Waals surface area (Å²) in [4.78, 5) is 0.913. The van der Waals surface area contributed by atoms with Crippen LogP contribution in [-0.4, -0.2) is 6.67 Å². The first-order valence-electron chi connectivity index (χ1n) is 3.29. The van der Waals surface area contributed by atoms with Crippen molar-refractivity contribution in [1.29, 1.82) is 0 Å². The molecule has 0 aromatic heterocycles. The number of hydrogen-bond acceptors (Lipinski definition) is 3. The molecule has 1 aromatic carbocycles. The highest BCUT2D eigenvalue weighted by Gasteiger charge is 2.08. The Morgan fingerprint density at radius 2 is 2.36 bits per heavy atom. The molecule has 0 fully saturated rings. The van der Waals surface area contributed by atoms with Gasteiger partial charge in [0.05, 0.1) is 12.4 Å². The topological polar surface area (TPSA) is 24.1 Å². The monoisotopic (exact) mass is 170 g/mol. The first-order valence-corrected chi connectivity index (χ1v) is 4.11. The molecule has 0 spiro atoms. The SMILES string of the molecule is Fc1ccc2c(c1)SNCN2. The number of rotatable bonds is 0. The first-order chi connectivity index (χ1) is 5.36. The van der Waals surface area contributed by atoms with E-state index in [1.165, 1.54) is 24.1 Å². The van der Waals surface area contributed by atoms with Gasteiger partial charge in [-0.05, 0) is 30.1 Å². The Kier molecular flexibility index (Phi) is 1.71. The van der Waals surface area contributed by atoms with Crippen molar-refractivity contribution in [3.8, 4) is 0 Å². The highest BCUT2D eigenvalue weighted by Crippen LogP contribution is 2.28. The van der Waals surface area contributed by atoms with E-state index in [4.69, 9.17) is 0 Å². The fourth-order valence-electron chi connectivity index (χ4n) is 0.972. The van der Waals surface area contributed by atoms with Crippen LogP contribution in [0.4, 0.5) is 10.1 Å². The summed E-state index contributed by atoms with van der Waals surface area (Å²) in [5.41, 5.74) is 0.996. The maximum atomic E-state index is 12.6. The van der Waals surface area contributed by atoms with Crippen LogP contribution < -0.4 is 10.0 Å². The second kappa shape index (κ2) is 2.71. The van der Waals surface area contributed by atoms with Crippen molar-refractivity contribution in [2.75, 3.05) is 12.0 Å². The zero-order valence-corrected chi connectivity index (χ0v) is 6.54. The zero-order chi connectivity index (χ0) is 7.68. The highest BCUT2D eigenvalue weighted by atomic mass is 32.2. The van der Waals surface area contributed by atoms with Gasteiger partial charge >= 0.3 is 0 Å². The molecular weight excluding hydrogens is 163 g/mol. The predicted molar refractivity (Wildman–Crippen MR) is 43.9 cm³/mol. The summed E-state index contributed by atoms with van der Waals surface area (Å²) >= 11 is 1.45. The molecule has 1 heterocycles. The van der Waals surface area contributed by atoms with Crippen LogP contribution in [0, 0.1) is 5.82 Å². The fraction of sp³-hybridized carbons (Fsp3) is 0.143. The number of anilines is 1. The van der Waals surface area contributed by atoms with Gasteiger partial charge in [-0.1, -0.05) is 0 Å². The molecule has 0 saturated carbocycles. The lowest BCUT2D eigenvalue weighted by Gasteiger charge is -2.17. The summed E-state index contributed by atoms with van der Waals surface area (Å²) < 4.78 is 15.6. The van der Waals surface area contributed by atoms with Crippen LogP contribution in [0.3, 0.4) is 0 Å². The quantitative estimate of drug-likeness (QED) is 0.581. The Morgan fingerprint density at radius 1 is 1.45 bits per heavy atom. The minimum atomic E-state index is -0.193. The number of fused-ring (bicyclic) bond motifs is 1. The summed E-state index contributed by atoms with van der Waals surface area (Å²) in [6, 6.07) is 4.72. The molecule has 0 amide bonds. The molecule has 1 aromatic rings. The van der Waals surface area contributed by atoms with E-state index in [1.54, 1.807) is 6.07 Å². The Bertz CT molecular complexity index is 277. The lowest BCUT2D eigenvalue weighted by atomic mass is 10.3. The summed E-state index contributed by atoms with van der Waals surface area (Å²) in [5.74, 6) is -0.193. The van der Waals surface area contributed by atoms with Crippen molar-refractivity contribution in [3.63, 3.8) is 0 Å². The summed E-state index contributed by atoms with van der Waals surface area (Å²) in [7, 11) is 0. The van der Waals surface area contributed by atoms with Gasteiger partial charge in [0, 0.05) is 4.90 Å². The third-order valence-electron chi connectivity index (χ3n) is 1.48. The van der Waals surface area contributed by atoms with Crippen LogP contribution in [0.15, 0.2) is 23.1 Å². The normalized spacial score (nSPS) is 15.4. The number of hydrogen-bond donors (Lipinski definition) is 2. The minimum Gasteiger partial charge on any atom is -0.371 e. The maximum Gasteiger partial charge on any atom is 0.124 e. The van der Waals surface area contributed by atoms with E-state index >= 15 is 0 Å². The van der Waals surface area contributed by atoms with Gasteiger partial charge < -0.3 is 5.32 Å². The van der Waals surface area contributed by atoms with Crippen molar-refractivity contribution in [3.05, 3.63) is 24.0 Å². The van der Waals surface area contributed by atoms with Crippen LogP contribution in [0.25, 0.3) is 0 Å². The Hall–Kier alpha value is -0.740.